The van der Waals surface area contributed by atoms with Gasteiger partial charge in [-0.05, 0) is 37.5 Å². The van der Waals surface area contributed by atoms with Gasteiger partial charge in [0.05, 0.1) is 13.2 Å². The number of hydrogen-bond acceptors (Lipinski definition) is 3. The number of ether oxygens (including phenoxy) is 1. The molecule has 4 nitrogen and oxygen atoms in total. The third-order valence-corrected chi connectivity index (χ3v) is 4.69. The highest BCUT2D eigenvalue weighted by Gasteiger charge is 2.21. The first-order chi connectivity index (χ1) is 8.84. The Hall–Kier alpha value is -1.07. The lowest BCUT2D eigenvalue weighted by atomic mass is 9.94. The Kier molecular flexibility index (Phi) is 5.38. The fourth-order valence-electron chi connectivity index (χ4n) is 2.17. The number of nitrogens with two attached hydrogens (primary N) is 1. The minimum atomic E-state index is -0.577. The molecule has 1 aromatic carbocycles. The number of likely N-dealkylation sites (N-methyl/N-ethyl adjacent to an activating group) is 1. The summed E-state index contributed by atoms with van der Waals surface area (Å²) in [5.41, 5.74) is 10.2. The van der Waals surface area contributed by atoms with Crippen molar-refractivity contribution < 1.29 is 9.53 Å². The summed E-state index contributed by atoms with van der Waals surface area (Å²) in [5, 5.41) is 2.57. The smallest absolute Gasteiger partial charge is 0.237 e. The molecule has 1 unspecified atom stereocenters. The molecule has 0 aliphatic heterocycles. The SMILES string of the molecule is CNC(=O)C(N)Cc1c(C)c(Br)c(C)c(C)c1OC. The topological polar surface area (TPSA) is 64.4 Å². The van der Waals surface area contributed by atoms with Gasteiger partial charge in [-0.2, -0.15) is 0 Å². The van der Waals surface area contributed by atoms with Crippen LogP contribution in [0.4, 0.5) is 0 Å². The third kappa shape index (κ3) is 3.09. The van der Waals surface area contributed by atoms with E-state index in [1.807, 2.05) is 20.8 Å². The van der Waals surface area contributed by atoms with E-state index in [0.29, 0.717) is 6.42 Å². The van der Waals surface area contributed by atoms with E-state index in [9.17, 15) is 4.79 Å². The number of amides is 1. The second kappa shape index (κ2) is 6.39. The maximum Gasteiger partial charge on any atom is 0.237 e. The summed E-state index contributed by atoms with van der Waals surface area (Å²) in [4.78, 5) is 11.6. The zero-order chi connectivity index (χ0) is 14.7. The van der Waals surface area contributed by atoms with Crippen LogP contribution in [0.15, 0.2) is 4.47 Å². The second-order valence-corrected chi connectivity index (χ2v) is 5.42. The predicted octanol–water partition coefficient (Wildman–Crippen LogP) is 2.00. The molecule has 5 heteroatoms. The van der Waals surface area contributed by atoms with Crippen LogP contribution in [-0.4, -0.2) is 26.1 Å². The van der Waals surface area contributed by atoms with E-state index in [1.165, 1.54) is 0 Å². The van der Waals surface area contributed by atoms with E-state index >= 15 is 0 Å². The molecule has 1 rings (SSSR count). The Morgan fingerprint density at radius 3 is 2.37 bits per heavy atom. The van der Waals surface area contributed by atoms with Gasteiger partial charge in [-0.15, -0.1) is 0 Å². The first kappa shape index (κ1) is 16.0. The fraction of sp³-hybridized carbons (Fsp3) is 0.500. The highest BCUT2D eigenvalue weighted by atomic mass is 79.9. The molecule has 0 saturated heterocycles. The van der Waals surface area contributed by atoms with E-state index in [4.69, 9.17) is 10.5 Å². The molecule has 0 fully saturated rings. The molecular weight excluding hydrogens is 308 g/mol. The van der Waals surface area contributed by atoms with Crippen LogP contribution in [0, 0.1) is 20.8 Å². The number of methoxy groups -OCH3 is 1. The minimum absolute atomic E-state index is 0.171. The van der Waals surface area contributed by atoms with Crippen LogP contribution in [-0.2, 0) is 11.2 Å². The number of hydrogen-bond donors (Lipinski definition) is 2. The van der Waals surface area contributed by atoms with E-state index in [1.54, 1.807) is 14.2 Å². The van der Waals surface area contributed by atoms with Crippen molar-refractivity contribution in [1.29, 1.82) is 0 Å². The number of carbonyl (C=O) groups excluding carboxylic acids is 1. The first-order valence-corrected chi connectivity index (χ1v) is 6.93. The molecule has 3 N–H and O–H groups in total. The van der Waals surface area contributed by atoms with Crippen LogP contribution in [0.1, 0.15) is 22.3 Å². The normalized spacial score (nSPS) is 12.2. The largest absolute Gasteiger partial charge is 0.496 e. The second-order valence-electron chi connectivity index (χ2n) is 4.63. The lowest BCUT2D eigenvalue weighted by Crippen LogP contribution is -2.40. The molecule has 0 saturated carbocycles. The maximum absolute atomic E-state index is 11.6. The van der Waals surface area contributed by atoms with Gasteiger partial charge < -0.3 is 15.8 Å². The molecule has 0 spiro atoms. The van der Waals surface area contributed by atoms with Crippen LogP contribution in [0.2, 0.25) is 0 Å². The summed E-state index contributed by atoms with van der Waals surface area (Å²) in [5.74, 6) is 0.647. The highest BCUT2D eigenvalue weighted by Crippen LogP contribution is 2.36. The van der Waals surface area contributed by atoms with Crippen LogP contribution in [0.3, 0.4) is 0 Å². The summed E-state index contributed by atoms with van der Waals surface area (Å²) in [6.07, 6.45) is 0.453. The van der Waals surface area contributed by atoms with Crippen molar-refractivity contribution in [3.63, 3.8) is 0 Å². The number of benzene rings is 1. The Morgan fingerprint density at radius 2 is 1.89 bits per heavy atom. The van der Waals surface area contributed by atoms with Gasteiger partial charge >= 0.3 is 0 Å². The maximum atomic E-state index is 11.6. The van der Waals surface area contributed by atoms with Gasteiger partial charge in [0, 0.05) is 23.5 Å². The lowest BCUT2D eigenvalue weighted by molar-refractivity contribution is -0.121. The average molecular weight is 329 g/mol. The molecular formula is C14H21BrN2O2. The molecule has 1 aromatic rings. The minimum Gasteiger partial charge on any atom is -0.496 e. The summed E-state index contributed by atoms with van der Waals surface area (Å²) in [6.45, 7) is 6.05. The molecule has 0 radical (unpaired) electrons. The summed E-state index contributed by atoms with van der Waals surface area (Å²) < 4.78 is 6.55. The number of carbonyl (C=O) groups is 1. The van der Waals surface area contributed by atoms with Gasteiger partial charge in [0.15, 0.2) is 0 Å². The summed E-state index contributed by atoms with van der Waals surface area (Å²) in [6, 6.07) is -0.577. The van der Waals surface area contributed by atoms with Crippen molar-refractivity contribution >= 4 is 21.8 Å². The van der Waals surface area contributed by atoms with Gasteiger partial charge in [-0.1, -0.05) is 15.9 Å². The van der Waals surface area contributed by atoms with Gasteiger partial charge in [-0.3, -0.25) is 4.79 Å². The Labute approximate surface area is 122 Å². The van der Waals surface area contributed by atoms with E-state index < -0.39 is 6.04 Å². The summed E-state index contributed by atoms with van der Waals surface area (Å²) in [7, 11) is 3.23. The summed E-state index contributed by atoms with van der Waals surface area (Å²) >= 11 is 3.59. The van der Waals surface area contributed by atoms with Crippen LogP contribution in [0.25, 0.3) is 0 Å². The third-order valence-electron chi connectivity index (χ3n) is 3.50. The Balaban J connectivity index is 3.30. The van der Waals surface area contributed by atoms with Crippen LogP contribution >= 0.6 is 15.9 Å². The fourth-order valence-corrected chi connectivity index (χ4v) is 2.70. The molecule has 0 bridgehead atoms. The molecule has 106 valence electrons. The standard InChI is InChI=1S/C14H21BrN2O2/c1-7-8(2)13(19-5)10(9(3)12(7)15)6-11(16)14(18)17-4/h11H,6,16H2,1-5H3,(H,17,18). The van der Waals surface area contributed by atoms with Gasteiger partial charge in [0.2, 0.25) is 5.91 Å². The molecule has 0 aliphatic rings. The van der Waals surface area contributed by atoms with E-state index in [2.05, 4.69) is 21.2 Å². The van der Waals surface area contributed by atoms with Crippen LogP contribution in [0.5, 0.6) is 5.75 Å². The highest BCUT2D eigenvalue weighted by molar-refractivity contribution is 9.10. The monoisotopic (exact) mass is 328 g/mol. The number of nitrogens with one attached hydrogen (secondary N) is 1. The first-order valence-electron chi connectivity index (χ1n) is 6.14. The number of rotatable bonds is 4. The van der Waals surface area contributed by atoms with Crippen molar-refractivity contribution in [2.75, 3.05) is 14.2 Å². The Morgan fingerprint density at radius 1 is 1.32 bits per heavy atom. The van der Waals surface area contributed by atoms with Gasteiger partial charge in [0.1, 0.15) is 5.75 Å². The average Bonchev–Trinajstić information content (AvgIpc) is 2.41. The molecule has 1 atom stereocenters. The molecule has 0 aromatic heterocycles. The van der Waals surface area contributed by atoms with Crippen molar-refractivity contribution in [1.82, 2.24) is 5.32 Å². The van der Waals surface area contributed by atoms with Gasteiger partial charge in [-0.25, -0.2) is 0 Å². The molecule has 0 aliphatic carbocycles. The molecule has 19 heavy (non-hydrogen) atoms. The molecule has 0 heterocycles. The van der Waals surface area contributed by atoms with Crippen molar-refractivity contribution in [2.24, 2.45) is 5.73 Å². The zero-order valence-corrected chi connectivity index (χ0v) is 13.6. The lowest BCUT2D eigenvalue weighted by Gasteiger charge is -2.20. The van der Waals surface area contributed by atoms with Crippen molar-refractivity contribution in [3.05, 3.63) is 26.7 Å². The Bertz CT molecular complexity index is 501. The van der Waals surface area contributed by atoms with E-state index in [-0.39, 0.29) is 5.91 Å². The quantitative estimate of drug-likeness (QED) is 0.888. The zero-order valence-electron chi connectivity index (χ0n) is 12.1. The number of halogens is 1. The predicted molar refractivity (Wildman–Crippen MR) is 80.7 cm³/mol. The van der Waals surface area contributed by atoms with Gasteiger partial charge in [0.25, 0.3) is 0 Å². The van der Waals surface area contributed by atoms with Crippen LogP contribution < -0.4 is 15.8 Å². The molecule has 1 amide bonds. The van der Waals surface area contributed by atoms with E-state index in [0.717, 1.165) is 32.5 Å². The van der Waals surface area contributed by atoms with Crippen molar-refractivity contribution in [2.45, 2.75) is 33.2 Å². The van der Waals surface area contributed by atoms with Crippen molar-refractivity contribution in [3.8, 4) is 5.75 Å².